The van der Waals surface area contributed by atoms with Crippen molar-refractivity contribution in [1.29, 1.82) is 0 Å². The monoisotopic (exact) mass is 380 g/mol. The van der Waals surface area contributed by atoms with Crippen molar-refractivity contribution in [2.45, 2.75) is 23.7 Å². The largest absolute Gasteiger partial charge is 0.455 e. The highest BCUT2D eigenvalue weighted by Gasteiger charge is 2.24. The van der Waals surface area contributed by atoms with E-state index >= 15 is 0 Å². The Hall–Kier alpha value is -3.06. The molecule has 0 saturated carbocycles. The number of aromatic nitrogens is 1. The van der Waals surface area contributed by atoms with E-state index in [1.165, 1.54) is 11.8 Å². The number of benzene rings is 2. The molecule has 2 aromatic carbocycles. The third kappa shape index (κ3) is 3.73. The molecule has 6 nitrogen and oxygen atoms in total. The number of hydrogen-bond acceptors (Lipinski definition) is 6. The number of carbonyl (C=O) groups is 2. The summed E-state index contributed by atoms with van der Waals surface area (Å²) in [5.41, 5.74) is 2.43. The van der Waals surface area contributed by atoms with Crippen LogP contribution in [0.2, 0.25) is 0 Å². The Morgan fingerprint density at radius 1 is 1.22 bits per heavy atom. The molecule has 7 heteroatoms. The van der Waals surface area contributed by atoms with Gasteiger partial charge in [0, 0.05) is 16.5 Å². The van der Waals surface area contributed by atoms with Crippen LogP contribution < -0.4 is 5.32 Å². The smallest absolute Gasteiger partial charge is 0.338 e. The van der Waals surface area contributed by atoms with E-state index in [2.05, 4.69) is 10.5 Å². The topological polar surface area (TPSA) is 81.4 Å². The van der Waals surface area contributed by atoms with Gasteiger partial charge in [-0.3, -0.25) is 4.79 Å². The van der Waals surface area contributed by atoms with Crippen molar-refractivity contribution in [3.8, 4) is 11.3 Å². The van der Waals surface area contributed by atoms with Crippen LogP contribution in [0, 0.1) is 0 Å². The quantitative estimate of drug-likeness (QED) is 0.686. The van der Waals surface area contributed by atoms with Gasteiger partial charge in [-0.15, -0.1) is 11.8 Å². The Balaban J connectivity index is 1.42. The van der Waals surface area contributed by atoms with Gasteiger partial charge in [0.15, 0.2) is 5.76 Å². The van der Waals surface area contributed by atoms with E-state index in [1.54, 1.807) is 18.2 Å². The first kappa shape index (κ1) is 17.4. The molecule has 1 aliphatic heterocycles. The summed E-state index contributed by atoms with van der Waals surface area (Å²) in [6, 6.07) is 16.4. The highest BCUT2D eigenvalue weighted by atomic mass is 32.2. The van der Waals surface area contributed by atoms with Gasteiger partial charge in [0.2, 0.25) is 5.91 Å². The number of fused-ring (bicyclic) bond motifs is 1. The number of hydrogen-bond donors (Lipinski definition) is 1. The Morgan fingerprint density at radius 3 is 2.85 bits per heavy atom. The summed E-state index contributed by atoms with van der Waals surface area (Å²) in [5.74, 6) is 0.0540. The molecule has 136 valence electrons. The molecule has 0 aliphatic carbocycles. The molecule has 0 saturated heterocycles. The lowest BCUT2D eigenvalue weighted by Crippen LogP contribution is -2.26. The zero-order valence-electron chi connectivity index (χ0n) is 14.5. The number of nitrogens with zero attached hydrogens (tertiary/aromatic N) is 1. The summed E-state index contributed by atoms with van der Waals surface area (Å²) in [4.78, 5) is 25.1. The van der Waals surface area contributed by atoms with Gasteiger partial charge in [0.25, 0.3) is 0 Å². The number of ether oxygens (including phenoxy) is 1. The molecule has 1 aromatic heterocycles. The minimum atomic E-state index is -0.486. The van der Waals surface area contributed by atoms with Crippen molar-refractivity contribution in [1.82, 2.24) is 5.16 Å². The SMILES string of the molecule is C[C@@H]1Sc2ccc(C(=O)OCc3cc(-c4ccccc4)on3)cc2NC1=O. The van der Waals surface area contributed by atoms with Crippen LogP contribution >= 0.6 is 11.8 Å². The molecular formula is C20H16N2O4S. The van der Waals surface area contributed by atoms with Gasteiger partial charge in [-0.05, 0) is 25.1 Å². The second-order valence-corrected chi connectivity index (χ2v) is 7.47. The number of nitrogens with one attached hydrogen (secondary N) is 1. The Kier molecular flexibility index (Phi) is 4.68. The van der Waals surface area contributed by atoms with E-state index in [4.69, 9.17) is 9.26 Å². The van der Waals surface area contributed by atoms with E-state index < -0.39 is 5.97 Å². The lowest BCUT2D eigenvalue weighted by molar-refractivity contribution is -0.115. The predicted molar refractivity (Wildman–Crippen MR) is 101 cm³/mol. The second-order valence-electron chi connectivity index (χ2n) is 6.08. The normalized spacial score (nSPS) is 15.7. The van der Waals surface area contributed by atoms with Crippen LogP contribution in [0.5, 0.6) is 0 Å². The highest BCUT2D eigenvalue weighted by molar-refractivity contribution is 8.00. The maximum absolute atomic E-state index is 12.3. The number of anilines is 1. The van der Waals surface area contributed by atoms with Crippen LogP contribution in [0.25, 0.3) is 11.3 Å². The van der Waals surface area contributed by atoms with Crippen LogP contribution in [-0.4, -0.2) is 22.3 Å². The molecule has 2 heterocycles. The minimum Gasteiger partial charge on any atom is -0.455 e. The molecule has 1 aliphatic rings. The highest BCUT2D eigenvalue weighted by Crippen LogP contribution is 2.36. The standard InChI is InChI=1S/C20H16N2O4S/c1-12-19(23)21-16-9-14(7-8-18(16)27-12)20(24)25-11-15-10-17(26-22-15)13-5-3-2-4-6-13/h2-10,12H,11H2,1H3,(H,21,23)/t12-/m0/s1. The summed E-state index contributed by atoms with van der Waals surface area (Å²) < 4.78 is 10.6. The van der Waals surface area contributed by atoms with Gasteiger partial charge in [-0.2, -0.15) is 0 Å². The zero-order chi connectivity index (χ0) is 18.8. The molecule has 1 atom stereocenters. The molecule has 0 bridgehead atoms. The number of carbonyl (C=O) groups excluding carboxylic acids is 2. The molecule has 0 fully saturated rings. The van der Waals surface area contributed by atoms with E-state index in [1.807, 2.05) is 43.3 Å². The van der Waals surface area contributed by atoms with Gasteiger partial charge >= 0.3 is 5.97 Å². The first-order valence-electron chi connectivity index (χ1n) is 8.40. The average molecular weight is 380 g/mol. The van der Waals surface area contributed by atoms with Crippen molar-refractivity contribution in [3.63, 3.8) is 0 Å². The molecule has 0 unspecified atom stereocenters. The van der Waals surface area contributed by atoms with Crippen LogP contribution in [0.15, 0.2) is 64.0 Å². The van der Waals surface area contributed by atoms with Crippen molar-refractivity contribution < 1.29 is 18.8 Å². The maximum atomic E-state index is 12.3. The third-order valence-corrected chi connectivity index (χ3v) is 5.29. The fourth-order valence-electron chi connectivity index (χ4n) is 2.68. The van der Waals surface area contributed by atoms with E-state index in [0.29, 0.717) is 22.7 Å². The molecule has 3 aromatic rings. The molecule has 0 spiro atoms. The molecule has 4 rings (SSSR count). The first-order chi connectivity index (χ1) is 13.1. The molecule has 27 heavy (non-hydrogen) atoms. The fourth-order valence-corrected chi connectivity index (χ4v) is 3.61. The number of esters is 1. The summed E-state index contributed by atoms with van der Waals surface area (Å²) >= 11 is 1.46. The summed E-state index contributed by atoms with van der Waals surface area (Å²) in [6.45, 7) is 1.84. The lowest BCUT2D eigenvalue weighted by atomic mass is 10.1. The van der Waals surface area contributed by atoms with Crippen LogP contribution in [0.1, 0.15) is 23.0 Å². The van der Waals surface area contributed by atoms with Gasteiger partial charge in [-0.1, -0.05) is 35.5 Å². The van der Waals surface area contributed by atoms with Gasteiger partial charge < -0.3 is 14.6 Å². The number of rotatable bonds is 4. The number of thioether (sulfide) groups is 1. The molecule has 1 N–H and O–H groups in total. The summed E-state index contributed by atoms with van der Waals surface area (Å²) in [6.07, 6.45) is 0. The van der Waals surface area contributed by atoms with Crippen LogP contribution in [-0.2, 0) is 16.1 Å². The first-order valence-corrected chi connectivity index (χ1v) is 9.28. The Morgan fingerprint density at radius 2 is 2.04 bits per heavy atom. The lowest BCUT2D eigenvalue weighted by Gasteiger charge is -2.21. The van der Waals surface area contributed by atoms with Crippen LogP contribution in [0.4, 0.5) is 5.69 Å². The van der Waals surface area contributed by atoms with Crippen LogP contribution in [0.3, 0.4) is 0 Å². The van der Waals surface area contributed by atoms with Crippen molar-refractivity contribution in [3.05, 3.63) is 65.9 Å². The van der Waals surface area contributed by atoms with E-state index in [9.17, 15) is 9.59 Å². The number of amides is 1. The zero-order valence-corrected chi connectivity index (χ0v) is 15.3. The van der Waals surface area contributed by atoms with Crippen molar-refractivity contribution in [2.24, 2.45) is 0 Å². The Bertz CT molecular complexity index is 1000. The maximum Gasteiger partial charge on any atom is 0.338 e. The minimum absolute atomic E-state index is 0.00436. The summed E-state index contributed by atoms with van der Waals surface area (Å²) in [5, 5.41) is 6.59. The average Bonchev–Trinajstić information content (AvgIpc) is 3.16. The summed E-state index contributed by atoms with van der Waals surface area (Å²) in [7, 11) is 0. The fraction of sp³-hybridized carbons (Fsp3) is 0.150. The van der Waals surface area contributed by atoms with Crippen molar-refractivity contribution in [2.75, 3.05) is 5.32 Å². The van der Waals surface area contributed by atoms with E-state index in [-0.39, 0.29) is 17.8 Å². The van der Waals surface area contributed by atoms with Gasteiger partial charge in [-0.25, -0.2) is 4.79 Å². The molecule has 1 amide bonds. The van der Waals surface area contributed by atoms with Crippen molar-refractivity contribution >= 4 is 29.3 Å². The second kappa shape index (κ2) is 7.28. The van der Waals surface area contributed by atoms with Gasteiger partial charge in [0.05, 0.1) is 16.5 Å². The predicted octanol–water partition coefficient (Wildman–Crippen LogP) is 4.13. The third-order valence-electron chi connectivity index (χ3n) is 4.11. The van der Waals surface area contributed by atoms with Gasteiger partial charge in [0.1, 0.15) is 12.3 Å². The molecule has 0 radical (unpaired) electrons. The Labute approximate surface area is 159 Å². The molecular weight excluding hydrogens is 364 g/mol. The van der Waals surface area contributed by atoms with E-state index in [0.717, 1.165) is 10.5 Å².